The molecule has 1 saturated heterocycles. The number of aryl methyl sites for hydroxylation is 1. The molecule has 1 aromatic heterocycles. The fourth-order valence-electron chi connectivity index (χ4n) is 2.59. The van der Waals surface area contributed by atoms with Crippen molar-refractivity contribution in [2.45, 2.75) is 25.9 Å². The molecule has 132 valence electrons. The van der Waals surface area contributed by atoms with Crippen LogP contribution >= 0.6 is 0 Å². The number of carbonyl (C=O) groups is 2. The standard InChI is InChI=1S/C18H19NO6/c1-11-8-13(2-3-15(11)25-14-4-6-23-7-5-14)19-17(20)16-9-12(10-24-16)18(21)22/h2-3,8-10,14H,4-7H2,1H3,(H,19,20)(H,21,22). The first kappa shape index (κ1) is 17.0. The predicted octanol–water partition coefficient (Wildman–Crippen LogP) is 3.10. The number of nitrogens with one attached hydrogen (secondary N) is 1. The maximum Gasteiger partial charge on any atom is 0.338 e. The van der Waals surface area contributed by atoms with Gasteiger partial charge in [0.2, 0.25) is 0 Å². The van der Waals surface area contributed by atoms with Gasteiger partial charge in [-0.2, -0.15) is 0 Å². The van der Waals surface area contributed by atoms with Crippen molar-refractivity contribution >= 4 is 17.6 Å². The molecule has 2 aromatic rings. The molecule has 1 aromatic carbocycles. The molecule has 0 spiro atoms. The van der Waals surface area contributed by atoms with E-state index in [1.54, 1.807) is 12.1 Å². The Labute approximate surface area is 144 Å². The van der Waals surface area contributed by atoms with Crippen LogP contribution in [0.15, 0.2) is 34.9 Å². The molecule has 7 nitrogen and oxygen atoms in total. The van der Waals surface area contributed by atoms with E-state index in [-0.39, 0.29) is 17.4 Å². The van der Waals surface area contributed by atoms with E-state index in [4.69, 9.17) is 19.0 Å². The van der Waals surface area contributed by atoms with Crippen LogP contribution in [0.5, 0.6) is 5.75 Å². The predicted molar refractivity (Wildman–Crippen MR) is 89.3 cm³/mol. The average molecular weight is 345 g/mol. The molecule has 1 fully saturated rings. The molecular weight excluding hydrogens is 326 g/mol. The van der Waals surface area contributed by atoms with Gasteiger partial charge >= 0.3 is 5.97 Å². The summed E-state index contributed by atoms with van der Waals surface area (Å²) in [6.07, 6.45) is 2.91. The van der Waals surface area contributed by atoms with Crippen molar-refractivity contribution in [3.63, 3.8) is 0 Å². The van der Waals surface area contributed by atoms with E-state index in [1.165, 1.54) is 6.07 Å². The molecule has 1 amide bonds. The lowest BCUT2D eigenvalue weighted by Gasteiger charge is -2.24. The SMILES string of the molecule is Cc1cc(NC(=O)c2cc(C(=O)O)co2)ccc1OC1CCOCC1. The van der Waals surface area contributed by atoms with Gasteiger partial charge in [-0.3, -0.25) is 4.79 Å². The van der Waals surface area contributed by atoms with Gasteiger partial charge in [-0.25, -0.2) is 4.79 Å². The molecule has 2 heterocycles. The number of ether oxygens (including phenoxy) is 2. The van der Waals surface area contributed by atoms with Crippen LogP contribution in [0.4, 0.5) is 5.69 Å². The van der Waals surface area contributed by atoms with E-state index in [0.717, 1.165) is 30.4 Å². The van der Waals surface area contributed by atoms with Gasteiger partial charge in [0, 0.05) is 24.6 Å². The first-order chi connectivity index (χ1) is 12.0. The summed E-state index contributed by atoms with van der Waals surface area (Å²) in [4.78, 5) is 22.9. The number of benzene rings is 1. The van der Waals surface area contributed by atoms with E-state index in [1.807, 2.05) is 13.0 Å². The largest absolute Gasteiger partial charge is 0.490 e. The minimum atomic E-state index is -1.15. The van der Waals surface area contributed by atoms with Gasteiger partial charge in [-0.15, -0.1) is 0 Å². The van der Waals surface area contributed by atoms with Gasteiger partial charge < -0.3 is 24.3 Å². The summed E-state index contributed by atoms with van der Waals surface area (Å²) in [7, 11) is 0. The van der Waals surface area contributed by atoms with E-state index in [9.17, 15) is 9.59 Å². The fraction of sp³-hybridized carbons (Fsp3) is 0.333. The molecule has 0 bridgehead atoms. The second-order valence-corrected chi connectivity index (χ2v) is 5.87. The lowest BCUT2D eigenvalue weighted by molar-refractivity contribution is 0.0253. The minimum Gasteiger partial charge on any atom is -0.490 e. The van der Waals surface area contributed by atoms with E-state index >= 15 is 0 Å². The van der Waals surface area contributed by atoms with Crippen LogP contribution < -0.4 is 10.1 Å². The summed E-state index contributed by atoms with van der Waals surface area (Å²) in [5.74, 6) is -0.938. The van der Waals surface area contributed by atoms with Crippen molar-refractivity contribution in [3.05, 3.63) is 47.4 Å². The van der Waals surface area contributed by atoms with Gasteiger partial charge in [0.1, 0.15) is 18.1 Å². The third kappa shape index (κ3) is 4.19. The molecule has 7 heteroatoms. The van der Waals surface area contributed by atoms with Gasteiger partial charge in [0.15, 0.2) is 5.76 Å². The topological polar surface area (TPSA) is 98.0 Å². The molecule has 0 unspecified atom stereocenters. The number of rotatable bonds is 5. The third-order valence-electron chi connectivity index (χ3n) is 3.96. The number of hydrogen-bond donors (Lipinski definition) is 2. The summed E-state index contributed by atoms with van der Waals surface area (Å²) in [6.45, 7) is 3.32. The molecule has 3 rings (SSSR count). The number of carbonyl (C=O) groups excluding carboxylic acids is 1. The second kappa shape index (κ2) is 7.40. The number of furan rings is 1. The molecule has 2 N–H and O–H groups in total. The monoisotopic (exact) mass is 345 g/mol. The Morgan fingerprint density at radius 3 is 2.64 bits per heavy atom. The molecule has 25 heavy (non-hydrogen) atoms. The summed E-state index contributed by atoms with van der Waals surface area (Å²) in [6, 6.07) is 6.53. The zero-order valence-corrected chi connectivity index (χ0v) is 13.8. The molecule has 0 radical (unpaired) electrons. The first-order valence-corrected chi connectivity index (χ1v) is 8.01. The minimum absolute atomic E-state index is 0.0578. The Bertz CT molecular complexity index is 776. The Morgan fingerprint density at radius 2 is 2.00 bits per heavy atom. The lowest BCUT2D eigenvalue weighted by Crippen LogP contribution is -2.26. The smallest absolute Gasteiger partial charge is 0.338 e. The fourth-order valence-corrected chi connectivity index (χ4v) is 2.59. The van der Waals surface area contributed by atoms with Gasteiger partial charge in [0.05, 0.1) is 18.8 Å². The molecule has 0 saturated carbocycles. The number of carboxylic acids is 1. The zero-order chi connectivity index (χ0) is 17.8. The van der Waals surface area contributed by atoms with Crippen LogP contribution in [0.2, 0.25) is 0 Å². The highest BCUT2D eigenvalue weighted by atomic mass is 16.5. The lowest BCUT2D eigenvalue weighted by atomic mass is 10.1. The van der Waals surface area contributed by atoms with E-state index in [0.29, 0.717) is 18.9 Å². The molecule has 0 atom stereocenters. The van der Waals surface area contributed by atoms with Crippen LogP contribution in [0, 0.1) is 6.92 Å². The highest BCUT2D eigenvalue weighted by Gasteiger charge is 2.17. The second-order valence-electron chi connectivity index (χ2n) is 5.87. The zero-order valence-electron chi connectivity index (χ0n) is 13.8. The summed E-state index contributed by atoms with van der Waals surface area (Å²) in [5, 5.41) is 11.5. The Balaban J connectivity index is 1.65. The van der Waals surface area contributed by atoms with E-state index < -0.39 is 11.9 Å². The summed E-state index contributed by atoms with van der Waals surface area (Å²) < 4.78 is 16.3. The number of carboxylic acid groups (broad SMARTS) is 1. The summed E-state index contributed by atoms with van der Waals surface area (Å²) >= 11 is 0. The number of aromatic carboxylic acids is 1. The Morgan fingerprint density at radius 1 is 1.24 bits per heavy atom. The summed E-state index contributed by atoms with van der Waals surface area (Å²) in [5.41, 5.74) is 1.41. The van der Waals surface area contributed by atoms with Crippen molar-refractivity contribution in [2.24, 2.45) is 0 Å². The first-order valence-electron chi connectivity index (χ1n) is 8.01. The quantitative estimate of drug-likeness (QED) is 0.864. The Hall–Kier alpha value is -2.80. The highest BCUT2D eigenvalue weighted by molar-refractivity contribution is 6.03. The van der Waals surface area contributed by atoms with Crippen molar-refractivity contribution < 1.29 is 28.6 Å². The molecule has 0 aliphatic carbocycles. The van der Waals surface area contributed by atoms with Crippen LogP contribution in [0.25, 0.3) is 0 Å². The molecular formula is C18H19NO6. The Kier molecular flexibility index (Phi) is 5.04. The van der Waals surface area contributed by atoms with Crippen LogP contribution in [-0.2, 0) is 4.74 Å². The maximum absolute atomic E-state index is 12.1. The number of hydrogen-bond acceptors (Lipinski definition) is 5. The highest BCUT2D eigenvalue weighted by Crippen LogP contribution is 2.25. The van der Waals surface area contributed by atoms with Crippen molar-refractivity contribution in [1.82, 2.24) is 0 Å². The van der Waals surface area contributed by atoms with Gasteiger partial charge in [-0.05, 0) is 30.7 Å². The molecule has 1 aliphatic rings. The molecule has 1 aliphatic heterocycles. The van der Waals surface area contributed by atoms with E-state index in [2.05, 4.69) is 5.32 Å². The van der Waals surface area contributed by atoms with Gasteiger partial charge in [0.25, 0.3) is 5.91 Å². The normalized spacial score (nSPS) is 14.9. The average Bonchev–Trinajstić information content (AvgIpc) is 3.09. The van der Waals surface area contributed by atoms with Crippen molar-refractivity contribution in [2.75, 3.05) is 18.5 Å². The van der Waals surface area contributed by atoms with Crippen molar-refractivity contribution in [1.29, 1.82) is 0 Å². The van der Waals surface area contributed by atoms with Crippen molar-refractivity contribution in [3.8, 4) is 5.75 Å². The third-order valence-corrected chi connectivity index (χ3v) is 3.96. The number of anilines is 1. The number of amides is 1. The van der Waals surface area contributed by atoms with Crippen LogP contribution in [0.1, 0.15) is 39.3 Å². The van der Waals surface area contributed by atoms with Gasteiger partial charge in [-0.1, -0.05) is 0 Å². The maximum atomic E-state index is 12.1. The van der Waals surface area contributed by atoms with Crippen LogP contribution in [-0.4, -0.2) is 36.3 Å². The van der Waals surface area contributed by atoms with Crippen LogP contribution in [0.3, 0.4) is 0 Å².